The van der Waals surface area contributed by atoms with Crippen molar-refractivity contribution in [1.29, 1.82) is 0 Å². The summed E-state index contributed by atoms with van der Waals surface area (Å²) < 4.78 is 112. The number of sulfonamides is 3. The number of hydrogen-bond donors (Lipinski definition) is 8. The number of aliphatic imine (C=N–C) groups is 3. The lowest BCUT2D eigenvalue weighted by Gasteiger charge is -2.32. The highest BCUT2D eigenvalue weighted by Gasteiger charge is 2.52. The van der Waals surface area contributed by atoms with E-state index in [2.05, 4.69) is 159 Å². The standard InChI is InChI=1S/2C26H27N3O4S.C17H19BrN2O4S.C16H17BrN2O2.C15H20BNO2/c2*1-17-24-14-19(10-11-22(24)15-27-17)18-6-4-8-21(12-18)26(30)29-25(16-28-34(3,31)32)20-7-5-9-23(13-20)33-2;1-24-15-8-4-5-12(10-15)16(11-19-25(2,22)23)20-17(21)13-6-3-7-14(18)9-13;1-21-14-7-3-4-11(9-14)15(10-18)19-16(20)12-5-2-6-13(17)8-12;1-10-13-8-12(7-6-11(13)9-17-10)16-18-14(2,3)15(4,5)19-16/h2*4-14,25,28H,15-16H2,1-3H3,(H,29,30);3-10,16,19H,11H2,1-2H3,(H,20,21);2-9,15H,10,18H2,1H3,(H,19,20);6-8H,9H2,1-5H3. The molecule has 0 aromatic heterocycles. The van der Waals surface area contributed by atoms with E-state index in [4.69, 9.17) is 34.0 Å². The van der Waals surface area contributed by atoms with Gasteiger partial charge in [-0.05, 0) is 242 Å². The number of nitrogens with zero attached hydrogens (tertiary/aromatic N) is 3. The molecule has 15 rings (SSSR count). The average Bonchev–Trinajstić information content (AvgIpc) is 1.62. The Morgan fingerprint density at radius 2 is 0.654 bits per heavy atom. The van der Waals surface area contributed by atoms with Crippen LogP contribution in [0.5, 0.6) is 23.0 Å². The molecule has 4 aliphatic heterocycles. The molecule has 4 atom stereocenters. The van der Waals surface area contributed by atoms with Crippen molar-refractivity contribution in [3.05, 3.63) is 336 Å². The molecular formula is C100H110BBr2N11O16S3. The van der Waals surface area contributed by atoms with Gasteiger partial charge in [-0.1, -0.05) is 159 Å². The number of ether oxygens (including phenoxy) is 4. The summed E-state index contributed by atoms with van der Waals surface area (Å²) in [5.74, 6) is 1.54. The molecular weight excluding hydrogens is 1880 g/mol. The van der Waals surface area contributed by atoms with Crippen LogP contribution in [0.2, 0.25) is 0 Å². The Bertz CT molecular complexity index is 6310. The van der Waals surface area contributed by atoms with Crippen molar-refractivity contribution >= 4 is 115 Å². The number of nitrogens with two attached hydrogens (primary N) is 1. The number of carbonyl (C=O) groups excluding carboxylic acids is 4. The van der Waals surface area contributed by atoms with Crippen molar-refractivity contribution in [2.75, 3.05) is 73.4 Å². The van der Waals surface area contributed by atoms with Gasteiger partial charge in [-0.25, -0.2) is 39.4 Å². The highest BCUT2D eigenvalue weighted by molar-refractivity contribution is 9.10. The molecule has 0 saturated carbocycles. The molecule has 0 aliphatic carbocycles. The normalized spacial score (nSPS) is 14.5. The Kier molecular flexibility index (Phi) is 35.0. The first-order chi connectivity index (χ1) is 63.2. The third kappa shape index (κ3) is 28.8. The van der Waals surface area contributed by atoms with E-state index < -0.39 is 48.2 Å². The zero-order chi connectivity index (χ0) is 96.1. The van der Waals surface area contributed by atoms with Gasteiger partial charge < -0.3 is 55.3 Å². The zero-order valence-electron chi connectivity index (χ0n) is 76.4. The van der Waals surface area contributed by atoms with E-state index in [1.54, 1.807) is 132 Å². The Morgan fingerprint density at radius 3 is 0.962 bits per heavy atom. The first-order valence-corrected chi connectivity index (χ1v) is 49.8. The minimum Gasteiger partial charge on any atom is -0.497 e. The van der Waals surface area contributed by atoms with E-state index in [0.717, 1.165) is 118 Å². The lowest BCUT2D eigenvalue weighted by atomic mass is 9.77. The average molecular weight is 1990 g/mol. The highest BCUT2D eigenvalue weighted by atomic mass is 79.9. The van der Waals surface area contributed by atoms with Gasteiger partial charge in [-0.2, -0.15) is 0 Å². The van der Waals surface area contributed by atoms with Gasteiger partial charge in [-0.15, -0.1) is 0 Å². The second-order valence-electron chi connectivity index (χ2n) is 32.9. The van der Waals surface area contributed by atoms with Crippen molar-refractivity contribution in [1.82, 2.24) is 35.4 Å². The van der Waals surface area contributed by atoms with Crippen LogP contribution in [0.3, 0.4) is 0 Å². The number of hydrogen-bond acceptors (Lipinski definition) is 20. The number of carbonyl (C=O) groups is 4. The van der Waals surface area contributed by atoms with Gasteiger partial charge in [0.15, 0.2) is 0 Å². The minimum absolute atomic E-state index is 0.0147. The quantitative estimate of drug-likeness (QED) is 0.0202. The van der Waals surface area contributed by atoms with Crippen molar-refractivity contribution in [3.8, 4) is 45.3 Å². The zero-order valence-corrected chi connectivity index (χ0v) is 82.1. The maximum Gasteiger partial charge on any atom is 0.494 e. The predicted octanol–water partition coefficient (Wildman–Crippen LogP) is 15.1. The van der Waals surface area contributed by atoms with E-state index in [0.29, 0.717) is 59.1 Å². The number of rotatable bonds is 29. The van der Waals surface area contributed by atoms with Gasteiger partial charge >= 0.3 is 7.12 Å². The summed E-state index contributed by atoms with van der Waals surface area (Å²) >= 11 is 6.69. The topological polar surface area (TPSA) is 373 Å². The Labute approximate surface area is 796 Å². The molecule has 9 N–H and O–H groups in total. The fraction of sp³-hybridized carbons (Fsp3) is 0.270. The molecule has 1 saturated heterocycles. The molecule has 33 heteroatoms. The fourth-order valence-corrected chi connectivity index (χ4v) is 16.8. The third-order valence-corrected chi connectivity index (χ3v) is 25.7. The van der Waals surface area contributed by atoms with E-state index in [9.17, 15) is 44.4 Å². The van der Waals surface area contributed by atoms with Crippen molar-refractivity contribution in [3.63, 3.8) is 0 Å². The Morgan fingerprint density at radius 1 is 0.376 bits per heavy atom. The Balaban J connectivity index is 0.000000163. The van der Waals surface area contributed by atoms with Crippen molar-refractivity contribution < 1.29 is 72.7 Å². The van der Waals surface area contributed by atoms with Crippen LogP contribution in [0.4, 0.5) is 0 Å². The van der Waals surface area contributed by atoms with E-state index in [1.165, 1.54) is 22.3 Å². The lowest BCUT2D eigenvalue weighted by molar-refractivity contribution is 0.00578. The van der Waals surface area contributed by atoms with Gasteiger partial charge in [0.1, 0.15) is 23.0 Å². The second kappa shape index (κ2) is 45.7. The Hall–Kier alpha value is -11.9. The minimum atomic E-state index is -3.44. The molecule has 11 aromatic rings. The summed E-state index contributed by atoms with van der Waals surface area (Å²) in [7, 11) is -4.29. The molecule has 1 fully saturated rings. The first kappa shape index (κ1) is 102. The lowest BCUT2D eigenvalue weighted by Crippen LogP contribution is -2.41. The van der Waals surface area contributed by atoms with Crippen LogP contribution in [0.25, 0.3) is 22.3 Å². The van der Waals surface area contributed by atoms with Gasteiger partial charge in [0.2, 0.25) is 30.1 Å². The van der Waals surface area contributed by atoms with Crippen molar-refractivity contribution in [2.24, 2.45) is 20.7 Å². The smallest absolute Gasteiger partial charge is 0.494 e. The van der Waals surface area contributed by atoms with Crippen LogP contribution in [-0.4, -0.2) is 158 Å². The summed E-state index contributed by atoms with van der Waals surface area (Å²) in [6, 6.07) is 74.8. The van der Waals surface area contributed by atoms with Crippen LogP contribution < -0.4 is 65.6 Å². The second-order valence-corrected chi connectivity index (χ2v) is 40.3. The maximum absolute atomic E-state index is 13.2. The predicted molar refractivity (Wildman–Crippen MR) is 532 cm³/mol. The molecule has 11 aromatic carbocycles. The SMILES string of the molecule is CC1=NCc2ccc(B3OC(C)(C)C(C)(C)O3)cc21.COc1cccc(C(CN)NC(=O)c2cccc(Br)c2)c1.COc1cccc(C(CNS(C)(=O)=O)NC(=O)c2cccc(-c3ccc4c(c3)C(C)=NC4)c2)c1.COc1cccc(C(CNS(C)(=O)=O)NC(=O)c2cccc(-c3ccc4c(c3)C(C)=NC4)c2)c1.COc1cccc(C(CNS(C)(=O)=O)NC(=O)c2cccc(Br)c2)c1. The summed E-state index contributed by atoms with van der Waals surface area (Å²) in [5, 5.41) is 11.7. The third-order valence-electron chi connectivity index (χ3n) is 22.7. The number of fused-ring (bicyclic) bond motifs is 3. The van der Waals surface area contributed by atoms with Crippen LogP contribution >= 0.6 is 31.9 Å². The fourth-order valence-electron chi connectivity index (χ4n) is 14.6. The summed E-state index contributed by atoms with van der Waals surface area (Å²) in [4.78, 5) is 64.6. The van der Waals surface area contributed by atoms with Crippen molar-refractivity contribution in [2.45, 2.75) is 103 Å². The van der Waals surface area contributed by atoms with Crippen LogP contribution in [0.1, 0.15) is 170 Å². The largest absolute Gasteiger partial charge is 0.497 e. The molecule has 0 bridgehead atoms. The number of nitrogens with one attached hydrogen (secondary N) is 7. The monoisotopic (exact) mass is 1990 g/mol. The number of halogens is 2. The molecule has 696 valence electrons. The van der Waals surface area contributed by atoms with Crippen LogP contribution in [0.15, 0.2) is 273 Å². The molecule has 4 heterocycles. The van der Waals surface area contributed by atoms with E-state index >= 15 is 0 Å². The summed E-state index contributed by atoms with van der Waals surface area (Å²) in [6.07, 6.45) is 3.25. The number of amides is 4. The maximum atomic E-state index is 13.2. The molecule has 0 radical (unpaired) electrons. The summed E-state index contributed by atoms with van der Waals surface area (Å²) in [5.41, 5.74) is 25.6. The van der Waals surface area contributed by atoms with Crippen LogP contribution in [-0.2, 0) is 59.0 Å². The summed E-state index contributed by atoms with van der Waals surface area (Å²) in [6.45, 7) is 16.9. The molecule has 4 aliphatic rings. The molecule has 133 heavy (non-hydrogen) atoms. The number of benzene rings is 11. The van der Waals surface area contributed by atoms with Gasteiger partial charge in [0.25, 0.3) is 23.6 Å². The number of methoxy groups -OCH3 is 4. The molecule has 4 unspecified atom stereocenters. The highest BCUT2D eigenvalue weighted by Crippen LogP contribution is 2.38. The molecule has 4 amide bonds. The van der Waals surface area contributed by atoms with Crippen LogP contribution in [0, 0.1) is 0 Å². The molecule has 0 spiro atoms. The van der Waals surface area contributed by atoms with Gasteiger partial charge in [-0.3, -0.25) is 34.2 Å². The van der Waals surface area contributed by atoms with Gasteiger partial charge in [0.05, 0.1) is 102 Å². The first-order valence-electron chi connectivity index (χ1n) is 42.5. The van der Waals surface area contributed by atoms with E-state index in [-0.39, 0.29) is 67.6 Å². The van der Waals surface area contributed by atoms with E-state index in [1.807, 2.05) is 117 Å². The van der Waals surface area contributed by atoms with Gasteiger partial charge in [0, 0.05) is 85.6 Å². The molecule has 27 nitrogen and oxygen atoms in total.